The van der Waals surface area contributed by atoms with Crippen molar-refractivity contribution in [2.75, 3.05) is 5.32 Å². The lowest BCUT2D eigenvalue weighted by atomic mass is 10.2. The molecule has 6 nitrogen and oxygen atoms in total. The van der Waals surface area contributed by atoms with Gasteiger partial charge in [-0.2, -0.15) is 5.10 Å². The molecular weight excluding hydrogens is 392 g/mol. The third-order valence-electron chi connectivity index (χ3n) is 3.42. The number of nitrogens with zero attached hydrogens (tertiary/aromatic N) is 2. The molecule has 1 atom stereocenters. The lowest BCUT2D eigenvalue weighted by Gasteiger charge is -2.21. The molecule has 9 heteroatoms. The maximum Gasteiger partial charge on any atom is 0.238 e. The molecule has 3 rings (SSSR count). The number of hydrogen-bond donors (Lipinski definition) is 2. The molecule has 0 bridgehead atoms. The van der Waals surface area contributed by atoms with Crippen LogP contribution in [0.25, 0.3) is 0 Å². The Hall–Kier alpha value is -2.16. The summed E-state index contributed by atoms with van der Waals surface area (Å²) < 4.78 is 0. The van der Waals surface area contributed by atoms with Crippen LogP contribution in [0.4, 0.5) is 5.69 Å². The van der Waals surface area contributed by atoms with Gasteiger partial charge in [-0.25, -0.2) is 0 Å². The maximum absolute atomic E-state index is 12.5. The number of rotatable bonds is 4. The second-order valence-corrected chi connectivity index (χ2v) is 8.00. The number of thiophene rings is 1. The Morgan fingerprint density at radius 3 is 2.92 bits per heavy atom. The number of halogens is 1. The predicted molar refractivity (Wildman–Crippen MR) is 108 cm³/mol. The average Bonchev–Trinajstić information content (AvgIpc) is 3.14. The molecule has 0 aliphatic carbocycles. The van der Waals surface area contributed by atoms with Crippen molar-refractivity contribution in [3.8, 4) is 0 Å². The van der Waals surface area contributed by atoms with Crippen molar-refractivity contribution in [2.24, 2.45) is 10.2 Å². The molecule has 0 spiro atoms. The standard InChI is InChI=1S/C17H15ClN4O2S2/c1-10(13-6-3-7-25-13)21-22-17-20-15(23)9-14(26-17)16(24)19-12-5-2-4-11(18)8-12/h2-8,14H,9H2,1H3,(H,19,24)(H,20,22,23)/t14-/m1/s1. The quantitative estimate of drug-likeness (QED) is 0.599. The summed E-state index contributed by atoms with van der Waals surface area (Å²) in [6, 6.07) is 10.7. The van der Waals surface area contributed by atoms with Crippen molar-refractivity contribution >= 4 is 63.1 Å². The lowest BCUT2D eigenvalue weighted by molar-refractivity contribution is -0.123. The summed E-state index contributed by atoms with van der Waals surface area (Å²) in [5.41, 5.74) is 1.33. The number of amides is 2. The number of anilines is 1. The van der Waals surface area contributed by atoms with Gasteiger partial charge in [0, 0.05) is 17.1 Å². The van der Waals surface area contributed by atoms with Crippen LogP contribution >= 0.6 is 34.7 Å². The van der Waals surface area contributed by atoms with Crippen LogP contribution in [0.2, 0.25) is 5.02 Å². The molecule has 1 aliphatic rings. The van der Waals surface area contributed by atoms with Gasteiger partial charge in [-0.05, 0) is 36.6 Å². The van der Waals surface area contributed by atoms with Crippen molar-refractivity contribution in [1.29, 1.82) is 0 Å². The molecule has 0 radical (unpaired) electrons. The van der Waals surface area contributed by atoms with E-state index < -0.39 is 5.25 Å². The lowest BCUT2D eigenvalue weighted by Crippen LogP contribution is -2.41. The van der Waals surface area contributed by atoms with E-state index in [1.165, 1.54) is 11.8 Å². The Morgan fingerprint density at radius 2 is 2.19 bits per heavy atom. The molecule has 2 aromatic rings. The van der Waals surface area contributed by atoms with Gasteiger partial charge in [0.05, 0.1) is 10.6 Å². The van der Waals surface area contributed by atoms with Gasteiger partial charge in [-0.1, -0.05) is 35.5 Å². The predicted octanol–water partition coefficient (Wildman–Crippen LogP) is 3.74. The van der Waals surface area contributed by atoms with Gasteiger partial charge in [0.1, 0.15) is 5.25 Å². The smallest absolute Gasteiger partial charge is 0.238 e. The number of amidine groups is 1. The Balaban J connectivity index is 1.69. The third kappa shape index (κ3) is 4.94. The third-order valence-corrected chi connectivity index (χ3v) is 5.71. The number of hydrogen-bond acceptors (Lipinski definition) is 6. The van der Waals surface area contributed by atoms with Crippen LogP contribution in [0.15, 0.2) is 52.0 Å². The summed E-state index contributed by atoms with van der Waals surface area (Å²) in [6.45, 7) is 1.84. The molecule has 1 aromatic carbocycles. The second-order valence-electron chi connectivity index (χ2n) is 5.43. The zero-order valence-corrected chi connectivity index (χ0v) is 16.1. The first-order valence-corrected chi connectivity index (χ1v) is 9.84. The van der Waals surface area contributed by atoms with Crippen LogP contribution in [0, 0.1) is 0 Å². The zero-order valence-electron chi connectivity index (χ0n) is 13.7. The van der Waals surface area contributed by atoms with Crippen LogP contribution in [-0.2, 0) is 9.59 Å². The first kappa shape index (κ1) is 18.6. The van der Waals surface area contributed by atoms with E-state index >= 15 is 0 Å². The van der Waals surface area contributed by atoms with Crippen LogP contribution in [-0.4, -0.2) is 27.9 Å². The number of nitrogens with one attached hydrogen (secondary N) is 2. The summed E-state index contributed by atoms with van der Waals surface area (Å²) in [5.74, 6) is -0.545. The van der Waals surface area contributed by atoms with E-state index in [0.717, 1.165) is 10.6 Å². The van der Waals surface area contributed by atoms with E-state index in [1.54, 1.807) is 35.6 Å². The second kappa shape index (κ2) is 8.48. The van der Waals surface area contributed by atoms with Crippen LogP contribution in [0.3, 0.4) is 0 Å². The minimum atomic E-state index is -0.585. The monoisotopic (exact) mass is 406 g/mol. The van der Waals surface area contributed by atoms with E-state index in [0.29, 0.717) is 15.9 Å². The normalized spacial score (nSPS) is 19.3. The van der Waals surface area contributed by atoms with Crippen molar-refractivity contribution in [2.45, 2.75) is 18.6 Å². The highest BCUT2D eigenvalue weighted by atomic mass is 35.5. The SMILES string of the molecule is CC(=N/N=C1\NC(=O)C[C@H](C(=O)Nc2cccc(Cl)c2)S1)c1cccs1. The van der Waals surface area contributed by atoms with Gasteiger partial charge < -0.3 is 10.6 Å². The molecule has 1 aromatic heterocycles. The van der Waals surface area contributed by atoms with Crippen molar-refractivity contribution < 1.29 is 9.59 Å². The first-order valence-electron chi connectivity index (χ1n) is 7.70. The van der Waals surface area contributed by atoms with E-state index in [2.05, 4.69) is 20.8 Å². The fraction of sp³-hybridized carbons (Fsp3) is 0.176. The molecular formula is C17H15ClN4O2S2. The van der Waals surface area contributed by atoms with Gasteiger partial charge >= 0.3 is 0 Å². The molecule has 26 heavy (non-hydrogen) atoms. The Labute approximate surface area is 163 Å². The summed E-state index contributed by atoms with van der Waals surface area (Å²) in [6.07, 6.45) is 0.0731. The fourth-order valence-corrected chi connectivity index (χ4v) is 3.98. The highest BCUT2D eigenvalue weighted by Crippen LogP contribution is 2.23. The molecule has 134 valence electrons. The van der Waals surface area contributed by atoms with Gasteiger partial charge in [0.15, 0.2) is 5.17 Å². The van der Waals surface area contributed by atoms with Crippen LogP contribution < -0.4 is 10.6 Å². The number of benzene rings is 1. The number of carbonyl (C=O) groups is 2. The van der Waals surface area contributed by atoms with Crippen LogP contribution in [0.5, 0.6) is 0 Å². The molecule has 2 heterocycles. The first-order chi connectivity index (χ1) is 12.5. The van der Waals surface area contributed by atoms with Crippen molar-refractivity contribution in [3.63, 3.8) is 0 Å². The molecule has 0 unspecified atom stereocenters. The van der Waals surface area contributed by atoms with Gasteiger partial charge in [-0.15, -0.1) is 16.4 Å². The number of thioether (sulfide) groups is 1. The molecule has 1 fully saturated rings. The van der Waals surface area contributed by atoms with Crippen molar-refractivity contribution in [3.05, 3.63) is 51.7 Å². The molecule has 2 amide bonds. The Morgan fingerprint density at radius 1 is 1.35 bits per heavy atom. The van der Waals surface area contributed by atoms with Crippen LogP contribution in [0.1, 0.15) is 18.2 Å². The average molecular weight is 407 g/mol. The van der Waals surface area contributed by atoms with E-state index in [1.807, 2.05) is 24.4 Å². The van der Waals surface area contributed by atoms with E-state index in [4.69, 9.17) is 11.6 Å². The highest BCUT2D eigenvalue weighted by Gasteiger charge is 2.30. The van der Waals surface area contributed by atoms with Gasteiger partial charge in [0.2, 0.25) is 11.8 Å². The maximum atomic E-state index is 12.5. The van der Waals surface area contributed by atoms with E-state index in [-0.39, 0.29) is 18.2 Å². The highest BCUT2D eigenvalue weighted by molar-refractivity contribution is 8.15. The van der Waals surface area contributed by atoms with Gasteiger partial charge in [-0.3, -0.25) is 9.59 Å². The largest absolute Gasteiger partial charge is 0.325 e. The van der Waals surface area contributed by atoms with Gasteiger partial charge in [0.25, 0.3) is 0 Å². The summed E-state index contributed by atoms with van der Waals surface area (Å²) >= 11 is 8.65. The topological polar surface area (TPSA) is 82.9 Å². The molecule has 0 saturated carbocycles. The Kier molecular flexibility index (Phi) is 6.08. The molecule has 1 saturated heterocycles. The molecule has 2 N–H and O–H groups in total. The minimum Gasteiger partial charge on any atom is -0.325 e. The summed E-state index contributed by atoms with van der Waals surface area (Å²) in [7, 11) is 0. The summed E-state index contributed by atoms with van der Waals surface area (Å²) in [4.78, 5) is 25.4. The minimum absolute atomic E-state index is 0.0731. The molecule has 1 aliphatic heterocycles. The number of carbonyl (C=O) groups excluding carboxylic acids is 2. The zero-order chi connectivity index (χ0) is 18.5. The van der Waals surface area contributed by atoms with E-state index in [9.17, 15) is 9.59 Å². The fourth-order valence-electron chi connectivity index (χ4n) is 2.18. The summed E-state index contributed by atoms with van der Waals surface area (Å²) in [5, 5.41) is 15.8. The Bertz CT molecular complexity index is 881. The van der Waals surface area contributed by atoms with Crippen molar-refractivity contribution in [1.82, 2.24) is 5.32 Å².